The van der Waals surface area contributed by atoms with Crippen molar-refractivity contribution in [3.8, 4) is 0 Å². The van der Waals surface area contributed by atoms with Gasteiger partial charge in [0.15, 0.2) is 0 Å². The number of allylic oxidation sites excluding steroid dienone is 1. The highest BCUT2D eigenvalue weighted by Gasteiger charge is 2.30. The summed E-state index contributed by atoms with van der Waals surface area (Å²) in [7, 11) is 2.10. The second-order valence-corrected chi connectivity index (χ2v) is 5.22. The van der Waals surface area contributed by atoms with Crippen molar-refractivity contribution < 1.29 is 0 Å². The third-order valence-electron chi connectivity index (χ3n) is 4.01. The quantitative estimate of drug-likeness (QED) is 0.630. The van der Waals surface area contributed by atoms with Gasteiger partial charge in [0.25, 0.3) is 0 Å². The summed E-state index contributed by atoms with van der Waals surface area (Å²) in [4.78, 5) is 0. The van der Waals surface area contributed by atoms with Gasteiger partial charge in [0, 0.05) is 6.04 Å². The lowest BCUT2D eigenvalue weighted by atomic mass is 9.69. The molecule has 0 spiro atoms. The fourth-order valence-corrected chi connectivity index (χ4v) is 2.65. The zero-order chi connectivity index (χ0) is 11.3. The van der Waals surface area contributed by atoms with E-state index >= 15 is 0 Å². The number of hydrogen-bond acceptors (Lipinski definition) is 1. The van der Waals surface area contributed by atoms with Crippen LogP contribution in [0.3, 0.4) is 0 Å². The van der Waals surface area contributed by atoms with Crippen molar-refractivity contribution in [1.82, 2.24) is 5.32 Å². The van der Waals surface area contributed by atoms with Gasteiger partial charge in [-0.3, -0.25) is 0 Å². The second kappa shape index (κ2) is 6.32. The molecule has 0 aromatic carbocycles. The number of rotatable bonds is 7. The molecule has 1 aliphatic carbocycles. The Bertz CT molecular complexity index is 196. The Labute approximate surface area is 95.3 Å². The predicted molar refractivity (Wildman–Crippen MR) is 68.0 cm³/mol. The summed E-state index contributed by atoms with van der Waals surface area (Å²) < 4.78 is 0. The third-order valence-corrected chi connectivity index (χ3v) is 4.01. The van der Waals surface area contributed by atoms with Gasteiger partial charge in [-0.15, -0.1) is 6.58 Å². The molecule has 0 heterocycles. The minimum atomic E-state index is 0.709. The van der Waals surface area contributed by atoms with Gasteiger partial charge >= 0.3 is 0 Å². The number of nitrogens with one attached hydrogen (secondary N) is 1. The minimum absolute atomic E-state index is 0.709. The zero-order valence-corrected chi connectivity index (χ0v) is 10.7. The van der Waals surface area contributed by atoms with Crippen molar-refractivity contribution in [3.05, 3.63) is 12.2 Å². The Morgan fingerprint density at radius 2 is 2.07 bits per heavy atom. The van der Waals surface area contributed by atoms with Crippen LogP contribution >= 0.6 is 0 Å². The van der Waals surface area contributed by atoms with Crippen LogP contribution in [0.4, 0.5) is 0 Å². The second-order valence-electron chi connectivity index (χ2n) is 5.22. The van der Waals surface area contributed by atoms with E-state index in [1.807, 2.05) is 0 Å². The van der Waals surface area contributed by atoms with Crippen LogP contribution in [0.1, 0.15) is 52.4 Å². The molecule has 15 heavy (non-hydrogen) atoms. The van der Waals surface area contributed by atoms with Crippen molar-refractivity contribution in [2.45, 2.75) is 58.4 Å². The molecule has 3 unspecified atom stereocenters. The lowest BCUT2D eigenvalue weighted by molar-refractivity contribution is 0.142. The molecule has 88 valence electrons. The van der Waals surface area contributed by atoms with Crippen molar-refractivity contribution in [2.24, 2.45) is 11.8 Å². The third kappa shape index (κ3) is 3.98. The maximum Gasteiger partial charge on any atom is 0.00698 e. The summed E-state index contributed by atoms with van der Waals surface area (Å²) in [6.07, 6.45) is 8.12. The molecule has 0 bridgehead atoms. The first-order valence-corrected chi connectivity index (χ1v) is 6.49. The molecule has 0 aromatic rings. The molecule has 1 heteroatoms. The van der Waals surface area contributed by atoms with Crippen molar-refractivity contribution in [1.29, 1.82) is 0 Å². The Hall–Kier alpha value is -0.300. The van der Waals surface area contributed by atoms with Gasteiger partial charge in [0.1, 0.15) is 0 Å². The van der Waals surface area contributed by atoms with Gasteiger partial charge < -0.3 is 5.32 Å². The Morgan fingerprint density at radius 1 is 1.40 bits per heavy atom. The molecule has 0 radical (unpaired) electrons. The van der Waals surface area contributed by atoms with E-state index in [4.69, 9.17) is 0 Å². The lowest BCUT2D eigenvalue weighted by Crippen LogP contribution is -2.34. The van der Waals surface area contributed by atoms with Crippen molar-refractivity contribution in [2.75, 3.05) is 7.05 Å². The molecule has 0 saturated heterocycles. The average molecular weight is 209 g/mol. The summed E-state index contributed by atoms with van der Waals surface area (Å²) in [5, 5.41) is 3.46. The summed E-state index contributed by atoms with van der Waals surface area (Å²) in [6.45, 7) is 8.44. The molecular weight excluding hydrogens is 182 g/mol. The maximum atomic E-state index is 3.98. The summed E-state index contributed by atoms with van der Waals surface area (Å²) >= 11 is 0. The summed E-state index contributed by atoms with van der Waals surface area (Å²) in [5.74, 6) is 2.02. The fourth-order valence-electron chi connectivity index (χ4n) is 2.65. The summed E-state index contributed by atoms with van der Waals surface area (Å²) in [5.41, 5.74) is 1.32. The van der Waals surface area contributed by atoms with Crippen LogP contribution in [-0.4, -0.2) is 13.1 Å². The largest absolute Gasteiger partial charge is 0.317 e. The molecule has 3 atom stereocenters. The minimum Gasteiger partial charge on any atom is -0.317 e. The molecule has 0 aromatic heterocycles. The number of hydrogen-bond donors (Lipinski definition) is 1. The molecular formula is C14H27N. The molecule has 1 fully saturated rings. The van der Waals surface area contributed by atoms with Gasteiger partial charge in [0.05, 0.1) is 0 Å². The summed E-state index contributed by atoms with van der Waals surface area (Å²) in [6, 6.07) is 0.709. The zero-order valence-electron chi connectivity index (χ0n) is 10.7. The van der Waals surface area contributed by atoms with Gasteiger partial charge in [-0.1, -0.05) is 18.9 Å². The normalized spacial score (nSPS) is 27.1. The van der Waals surface area contributed by atoms with E-state index in [-0.39, 0.29) is 0 Å². The van der Waals surface area contributed by atoms with Crippen LogP contribution in [-0.2, 0) is 0 Å². The first kappa shape index (κ1) is 12.8. The average Bonchev–Trinajstić information content (AvgIpc) is 2.17. The first-order valence-electron chi connectivity index (χ1n) is 6.49. The van der Waals surface area contributed by atoms with Gasteiger partial charge in [-0.2, -0.15) is 0 Å². The monoisotopic (exact) mass is 209 g/mol. The van der Waals surface area contributed by atoms with E-state index < -0.39 is 0 Å². The van der Waals surface area contributed by atoms with E-state index in [2.05, 4.69) is 32.8 Å². The van der Waals surface area contributed by atoms with E-state index in [1.54, 1.807) is 0 Å². The molecule has 1 nitrogen and oxygen atoms in total. The van der Waals surface area contributed by atoms with Crippen LogP contribution in [0.15, 0.2) is 12.2 Å². The molecule has 0 amide bonds. The van der Waals surface area contributed by atoms with Crippen molar-refractivity contribution >= 4 is 0 Å². The molecule has 1 N–H and O–H groups in total. The van der Waals surface area contributed by atoms with Gasteiger partial charge in [-0.05, 0) is 57.9 Å². The van der Waals surface area contributed by atoms with Gasteiger partial charge in [-0.25, -0.2) is 0 Å². The van der Waals surface area contributed by atoms with Crippen LogP contribution in [0.2, 0.25) is 0 Å². The highest BCUT2D eigenvalue weighted by Crippen LogP contribution is 2.39. The highest BCUT2D eigenvalue weighted by atomic mass is 14.9. The standard InChI is InChI=1S/C14H27N/c1-5-12-7-8-13(12)10-14(15-4)9-6-11(2)3/h12-15H,2,5-10H2,1,3-4H3. The maximum absolute atomic E-state index is 3.98. The SMILES string of the molecule is C=C(C)CCC(CC1CCC1CC)NC. The van der Waals surface area contributed by atoms with Crippen molar-refractivity contribution in [3.63, 3.8) is 0 Å². The van der Waals surface area contributed by atoms with E-state index in [1.165, 1.54) is 44.1 Å². The Kier molecular flexibility index (Phi) is 5.38. The van der Waals surface area contributed by atoms with Crippen LogP contribution in [0.25, 0.3) is 0 Å². The van der Waals surface area contributed by atoms with E-state index in [0.717, 1.165) is 11.8 Å². The molecule has 1 saturated carbocycles. The smallest absolute Gasteiger partial charge is 0.00698 e. The lowest BCUT2D eigenvalue weighted by Gasteiger charge is -2.38. The molecule has 0 aliphatic heterocycles. The van der Waals surface area contributed by atoms with Crippen LogP contribution in [0.5, 0.6) is 0 Å². The predicted octanol–water partition coefficient (Wildman–Crippen LogP) is 3.76. The van der Waals surface area contributed by atoms with E-state index in [0.29, 0.717) is 6.04 Å². The van der Waals surface area contributed by atoms with Crippen LogP contribution < -0.4 is 5.32 Å². The van der Waals surface area contributed by atoms with E-state index in [9.17, 15) is 0 Å². The highest BCUT2D eigenvalue weighted by molar-refractivity contribution is 4.90. The first-order chi connectivity index (χ1) is 7.17. The molecule has 1 aliphatic rings. The Morgan fingerprint density at radius 3 is 2.47 bits per heavy atom. The van der Waals surface area contributed by atoms with Gasteiger partial charge in [0.2, 0.25) is 0 Å². The Balaban J connectivity index is 2.24. The molecule has 1 rings (SSSR count). The van der Waals surface area contributed by atoms with Crippen LogP contribution in [0, 0.1) is 11.8 Å². The topological polar surface area (TPSA) is 12.0 Å². The fraction of sp³-hybridized carbons (Fsp3) is 0.857.